The molecule has 0 radical (unpaired) electrons. The van der Waals surface area contributed by atoms with Gasteiger partial charge in [-0.2, -0.15) is 12.6 Å². The molecule has 0 saturated carbocycles. The number of aliphatic carboxylic acids is 1. The van der Waals surface area contributed by atoms with Crippen LogP contribution in [-0.4, -0.2) is 50.7 Å². The predicted octanol–water partition coefficient (Wildman–Crippen LogP) is 2.06. The molecule has 1 heterocycles. The van der Waals surface area contributed by atoms with E-state index in [1.807, 2.05) is 12.1 Å². The van der Waals surface area contributed by atoms with E-state index in [0.717, 1.165) is 22.9 Å². The molecule has 166 valence electrons. The van der Waals surface area contributed by atoms with Crippen molar-refractivity contribution in [1.82, 2.24) is 20.6 Å². The average Bonchev–Trinajstić information content (AvgIpc) is 3.37. The lowest BCUT2D eigenvalue weighted by Gasteiger charge is -2.25. The summed E-state index contributed by atoms with van der Waals surface area (Å²) in [6, 6.07) is 4.05. The summed E-state index contributed by atoms with van der Waals surface area (Å²) in [6.07, 6.45) is 4.74. The standard InChI is InChI=1S/C21H25BrN4O4S/c1-11(19(27)26-18(21(29)30)7-14-8-23-10-24-14)25-20(28)17(9-31)16-4-2-12-6-13(22)3-5-15(12)16/h3,5-6,8,10-11,16-18,31H,2,4,7,9H2,1H3,(H,23,24)(H,25,28)(H,26,27)(H,29,30)/t11-,16-,17+,18-/m0/s1. The summed E-state index contributed by atoms with van der Waals surface area (Å²) in [6.45, 7) is 1.54. The lowest BCUT2D eigenvalue weighted by atomic mass is 9.87. The van der Waals surface area contributed by atoms with E-state index >= 15 is 0 Å². The van der Waals surface area contributed by atoms with Gasteiger partial charge in [-0.1, -0.05) is 22.0 Å². The zero-order valence-corrected chi connectivity index (χ0v) is 19.4. The van der Waals surface area contributed by atoms with Gasteiger partial charge in [0.05, 0.1) is 12.2 Å². The highest BCUT2D eigenvalue weighted by atomic mass is 79.9. The molecule has 3 rings (SSSR count). The van der Waals surface area contributed by atoms with Gasteiger partial charge in [0.1, 0.15) is 12.1 Å². The molecule has 8 nitrogen and oxygen atoms in total. The summed E-state index contributed by atoms with van der Waals surface area (Å²) >= 11 is 7.87. The lowest BCUT2D eigenvalue weighted by Crippen LogP contribution is -2.52. The molecule has 0 saturated heterocycles. The molecule has 0 spiro atoms. The Labute approximate surface area is 194 Å². The number of amides is 2. The van der Waals surface area contributed by atoms with Crippen LogP contribution in [0.15, 0.2) is 35.2 Å². The van der Waals surface area contributed by atoms with Crippen molar-refractivity contribution in [2.24, 2.45) is 5.92 Å². The molecule has 2 aromatic rings. The Bertz CT molecular complexity index is 953. The lowest BCUT2D eigenvalue weighted by molar-refractivity contribution is -0.142. The topological polar surface area (TPSA) is 124 Å². The molecular weight excluding hydrogens is 484 g/mol. The van der Waals surface area contributed by atoms with Crippen LogP contribution in [0.5, 0.6) is 0 Å². The van der Waals surface area contributed by atoms with Gasteiger partial charge < -0.3 is 20.7 Å². The van der Waals surface area contributed by atoms with E-state index in [4.69, 9.17) is 0 Å². The number of rotatable bonds is 9. The van der Waals surface area contributed by atoms with E-state index in [9.17, 15) is 19.5 Å². The van der Waals surface area contributed by atoms with E-state index in [-0.39, 0.29) is 24.2 Å². The maximum absolute atomic E-state index is 13.0. The Kier molecular flexibility index (Phi) is 7.77. The number of aromatic amines is 1. The molecule has 0 aliphatic heterocycles. The number of nitrogens with one attached hydrogen (secondary N) is 3. The van der Waals surface area contributed by atoms with E-state index < -0.39 is 24.0 Å². The molecule has 0 bridgehead atoms. The first-order valence-corrected chi connectivity index (χ1v) is 11.4. The number of carbonyl (C=O) groups is 3. The number of hydrogen-bond acceptors (Lipinski definition) is 5. The molecule has 0 fully saturated rings. The predicted molar refractivity (Wildman–Crippen MR) is 122 cm³/mol. The highest BCUT2D eigenvalue weighted by molar-refractivity contribution is 9.10. The number of imidazole rings is 1. The number of carbonyl (C=O) groups excluding carboxylic acids is 2. The number of halogens is 1. The number of fused-ring (bicyclic) bond motifs is 1. The van der Waals surface area contributed by atoms with Gasteiger partial charge in [0.15, 0.2) is 0 Å². The van der Waals surface area contributed by atoms with Crippen molar-refractivity contribution in [2.75, 3.05) is 5.75 Å². The summed E-state index contributed by atoms with van der Waals surface area (Å²) in [5.74, 6) is -2.00. The number of nitrogens with zero attached hydrogens (tertiary/aromatic N) is 1. The maximum Gasteiger partial charge on any atom is 0.326 e. The van der Waals surface area contributed by atoms with Gasteiger partial charge in [0.25, 0.3) is 0 Å². The molecule has 4 atom stereocenters. The van der Waals surface area contributed by atoms with E-state index in [1.165, 1.54) is 25.0 Å². The fraction of sp³-hybridized carbons (Fsp3) is 0.429. The van der Waals surface area contributed by atoms with Crippen molar-refractivity contribution < 1.29 is 19.5 Å². The van der Waals surface area contributed by atoms with Crippen molar-refractivity contribution >= 4 is 46.3 Å². The van der Waals surface area contributed by atoms with Crippen molar-refractivity contribution in [3.05, 3.63) is 52.0 Å². The summed E-state index contributed by atoms with van der Waals surface area (Å²) in [5, 5.41) is 14.6. The Morgan fingerprint density at radius 2 is 2.10 bits per heavy atom. The normalized spacial score (nSPS) is 18.0. The van der Waals surface area contributed by atoms with Crippen LogP contribution in [0.2, 0.25) is 0 Å². The van der Waals surface area contributed by atoms with Crippen molar-refractivity contribution in [3.8, 4) is 0 Å². The number of carboxylic acid groups (broad SMARTS) is 1. The monoisotopic (exact) mass is 508 g/mol. The Hall–Kier alpha value is -2.33. The van der Waals surface area contributed by atoms with Crippen LogP contribution in [0.3, 0.4) is 0 Å². The second-order valence-electron chi connectivity index (χ2n) is 7.69. The second kappa shape index (κ2) is 10.3. The molecular formula is C21H25BrN4O4S. The van der Waals surface area contributed by atoms with Crippen LogP contribution in [-0.2, 0) is 27.2 Å². The number of thiol groups is 1. The van der Waals surface area contributed by atoms with Gasteiger partial charge in [-0.05, 0) is 48.9 Å². The van der Waals surface area contributed by atoms with Gasteiger partial charge in [-0.25, -0.2) is 9.78 Å². The molecule has 1 aliphatic carbocycles. The number of hydrogen-bond donors (Lipinski definition) is 5. The smallest absolute Gasteiger partial charge is 0.326 e. The fourth-order valence-corrected chi connectivity index (χ4v) is 4.76. The highest BCUT2D eigenvalue weighted by Gasteiger charge is 2.35. The third-order valence-corrected chi connectivity index (χ3v) is 6.48. The van der Waals surface area contributed by atoms with E-state index in [2.05, 4.69) is 55.2 Å². The Balaban J connectivity index is 1.62. The zero-order chi connectivity index (χ0) is 22.5. The molecule has 31 heavy (non-hydrogen) atoms. The van der Waals surface area contributed by atoms with E-state index in [0.29, 0.717) is 11.4 Å². The number of aryl methyl sites for hydroxylation is 1. The van der Waals surface area contributed by atoms with Crippen LogP contribution in [0.25, 0.3) is 0 Å². The second-order valence-corrected chi connectivity index (χ2v) is 8.97. The molecule has 1 aromatic carbocycles. The third-order valence-electron chi connectivity index (χ3n) is 5.59. The van der Waals surface area contributed by atoms with Crippen LogP contribution in [0, 0.1) is 5.92 Å². The number of carboxylic acids is 1. The first kappa shape index (κ1) is 23.3. The Morgan fingerprint density at radius 3 is 2.74 bits per heavy atom. The summed E-state index contributed by atoms with van der Waals surface area (Å²) < 4.78 is 1.01. The van der Waals surface area contributed by atoms with Gasteiger partial charge in [0, 0.05) is 28.5 Å². The minimum atomic E-state index is -1.16. The molecule has 0 unspecified atom stereocenters. The van der Waals surface area contributed by atoms with Gasteiger partial charge in [0.2, 0.25) is 11.8 Å². The molecule has 10 heteroatoms. The number of aromatic nitrogens is 2. The van der Waals surface area contributed by atoms with Crippen molar-refractivity contribution in [2.45, 2.75) is 44.2 Å². The van der Waals surface area contributed by atoms with Crippen molar-refractivity contribution in [1.29, 1.82) is 0 Å². The minimum absolute atomic E-state index is 0.0306. The SMILES string of the molecule is C[C@H](NC(=O)[C@H](CS)[C@H]1CCc2cc(Br)ccc21)C(=O)N[C@@H](Cc1cnc[nH]1)C(=O)O. The van der Waals surface area contributed by atoms with Crippen LogP contribution >= 0.6 is 28.6 Å². The largest absolute Gasteiger partial charge is 0.480 e. The van der Waals surface area contributed by atoms with Crippen LogP contribution in [0.1, 0.15) is 36.1 Å². The number of H-pyrrole nitrogens is 1. The summed E-state index contributed by atoms with van der Waals surface area (Å²) in [5.41, 5.74) is 2.94. The minimum Gasteiger partial charge on any atom is -0.480 e. The Morgan fingerprint density at radius 1 is 1.32 bits per heavy atom. The van der Waals surface area contributed by atoms with Gasteiger partial charge >= 0.3 is 5.97 Å². The van der Waals surface area contributed by atoms with E-state index in [1.54, 1.807) is 0 Å². The molecule has 4 N–H and O–H groups in total. The first-order valence-electron chi connectivity index (χ1n) is 10.00. The van der Waals surface area contributed by atoms with Gasteiger partial charge in [-0.15, -0.1) is 0 Å². The summed E-state index contributed by atoms with van der Waals surface area (Å²) in [4.78, 5) is 43.7. The molecule has 1 aliphatic rings. The van der Waals surface area contributed by atoms with Gasteiger partial charge in [-0.3, -0.25) is 9.59 Å². The third kappa shape index (κ3) is 5.68. The molecule has 1 aromatic heterocycles. The maximum atomic E-state index is 13.0. The van der Waals surface area contributed by atoms with Crippen LogP contribution < -0.4 is 10.6 Å². The summed E-state index contributed by atoms with van der Waals surface area (Å²) in [7, 11) is 0. The first-order chi connectivity index (χ1) is 14.8. The average molecular weight is 509 g/mol. The highest BCUT2D eigenvalue weighted by Crippen LogP contribution is 2.40. The van der Waals surface area contributed by atoms with Crippen molar-refractivity contribution in [3.63, 3.8) is 0 Å². The van der Waals surface area contributed by atoms with Crippen LogP contribution in [0.4, 0.5) is 0 Å². The molecule has 2 amide bonds. The quantitative estimate of drug-likeness (QED) is 0.331. The zero-order valence-electron chi connectivity index (χ0n) is 17.0. The fourth-order valence-electron chi connectivity index (χ4n) is 3.93. The number of benzene rings is 1.